The molecule has 0 saturated carbocycles. The second kappa shape index (κ2) is 9.59. The molecule has 7 nitrogen and oxygen atoms in total. The predicted octanol–water partition coefficient (Wildman–Crippen LogP) is 2.97. The number of hydrogen-bond donors (Lipinski definition) is 1. The molecule has 0 spiro atoms. The van der Waals surface area contributed by atoms with Gasteiger partial charge in [0, 0.05) is 5.56 Å². The summed E-state index contributed by atoms with van der Waals surface area (Å²) in [5, 5.41) is 4.15. The van der Waals surface area contributed by atoms with E-state index in [1.165, 1.54) is 20.4 Å². The van der Waals surface area contributed by atoms with Gasteiger partial charge in [-0.05, 0) is 36.8 Å². The number of amides is 1. The van der Waals surface area contributed by atoms with Gasteiger partial charge in [-0.3, -0.25) is 4.79 Å². The molecule has 1 amide bonds. The smallest absolute Gasteiger partial charge is 0.343 e. The van der Waals surface area contributed by atoms with E-state index in [-0.39, 0.29) is 23.3 Å². The van der Waals surface area contributed by atoms with Gasteiger partial charge in [0.15, 0.2) is 18.1 Å². The Hall–Kier alpha value is -3.06. The summed E-state index contributed by atoms with van der Waals surface area (Å²) in [6.07, 6.45) is 1.42. The third-order valence-corrected chi connectivity index (χ3v) is 3.79. The van der Waals surface area contributed by atoms with Crippen molar-refractivity contribution in [1.82, 2.24) is 5.43 Å². The maximum absolute atomic E-state index is 12.0. The van der Waals surface area contributed by atoms with Crippen molar-refractivity contribution < 1.29 is 23.8 Å². The fourth-order valence-electron chi connectivity index (χ4n) is 2.08. The van der Waals surface area contributed by atoms with Crippen molar-refractivity contribution in [3.8, 4) is 11.5 Å². The van der Waals surface area contributed by atoms with Crippen LogP contribution in [0.5, 0.6) is 11.5 Å². The van der Waals surface area contributed by atoms with Crippen LogP contribution in [0.25, 0.3) is 0 Å². The van der Waals surface area contributed by atoms with Crippen molar-refractivity contribution >= 4 is 29.7 Å². The van der Waals surface area contributed by atoms with Crippen molar-refractivity contribution in [2.45, 2.75) is 6.92 Å². The topological polar surface area (TPSA) is 86.2 Å². The number of esters is 1. The molecule has 0 aliphatic heterocycles. The van der Waals surface area contributed by atoms with E-state index in [0.717, 1.165) is 5.56 Å². The molecule has 0 unspecified atom stereocenters. The van der Waals surface area contributed by atoms with Crippen LogP contribution in [0.1, 0.15) is 21.5 Å². The summed E-state index contributed by atoms with van der Waals surface area (Å²) < 4.78 is 15.1. The number of methoxy groups -OCH3 is 2. The Labute approximate surface area is 161 Å². The number of hydrogen-bond acceptors (Lipinski definition) is 6. The fourth-order valence-corrected chi connectivity index (χ4v) is 2.35. The molecule has 0 heterocycles. The Morgan fingerprint density at radius 2 is 1.89 bits per heavy atom. The highest BCUT2D eigenvalue weighted by Gasteiger charge is 2.13. The van der Waals surface area contributed by atoms with Gasteiger partial charge in [0.05, 0.1) is 25.5 Å². The molecule has 8 heteroatoms. The first-order valence-corrected chi connectivity index (χ1v) is 8.29. The van der Waals surface area contributed by atoms with Crippen molar-refractivity contribution in [3.63, 3.8) is 0 Å². The van der Waals surface area contributed by atoms with E-state index >= 15 is 0 Å². The summed E-state index contributed by atoms with van der Waals surface area (Å²) in [4.78, 5) is 23.2. The Bertz CT molecular complexity index is 850. The lowest BCUT2D eigenvalue weighted by atomic mass is 10.1. The molecule has 0 bridgehead atoms. The molecule has 2 aromatic rings. The Balaban J connectivity index is 2.08. The zero-order chi connectivity index (χ0) is 19.8. The van der Waals surface area contributed by atoms with E-state index in [0.29, 0.717) is 16.9 Å². The summed E-state index contributed by atoms with van der Waals surface area (Å²) in [6, 6.07) is 10.3. The molecule has 0 aromatic heterocycles. The average Bonchev–Trinajstić information content (AvgIpc) is 2.66. The van der Waals surface area contributed by atoms with Crippen LogP contribution in [0.3, 0.4) is 0 Å². The van der Waals surface area contributed by atoms with Gasteiger partial charge < -0.3 is 14.2 Å². The van der Waals surface area contributed by atoms with E-state index in [4.69, 9.17) is 21.1 Å². The van der Waals surface area contributed by atoms with Crippen LogP contribution in [0.15, 0.2) is 41.5 Å². The predicted molar refractivity (Wildman–Crippen MR) is 102 cm³/mol. The molecular weight excluding hydrogens is 372 g/mol. The number of ether oxygens (including phenoxy) is 3. The summed E-state index contributed by atoms with van der Waals surface area (Å²) in [5.74, 6) is -0.344. The molecule has 0 aliphatic rings. The van der Waals surface area contributed by atoms with E-state index in [1.807, 2.05) is 19.1 Å². The van der Waals surface area contributed by atoms with Gasteiger partial charge in [-0.25, -0.2) is 10.2 Å². The Morgan fingerprint density at radius 3 is 2.52 bits per heavy atom. The van der Waals surface area contributed by atoms with Crippen molar-refractivity contribution in [3.05, 3.63) is 58.1 Å². The first-order chi connectivity index (χ1) is 12.9. The van der Waals surface area contributed by atoms with Crippen LogP contribution in [-0.2, 0) is 9.53 Å². The minimum absolute atomic E-state index is 0.213. The molecule has 0 fully saturated rings. The van der Waals surface area contributed by atoms with Gasteiger partial charge >= 0.3 is 5.97 Å². The highest BCUT2D eigenvalue weighted by Crippen LogP contribution is 2.36. The maximum Gasteiger partial charge on any atom is 0.343 e. The Morgan fingerprint density at radius 1 is 1.19 bits per heavy atom. The molecule has 0 radical (unpaired) electrons. The molecule has 27 heavy (non-hydrogen) atoms. The summed E-state index contributed by atoms with van der Waals surface area (Å²) >= 11 is 6.19. The number of carbonyl (C=O) groups is 2. The van der Waals surface area contributed by atoms with Gasteiger partial charge in [-0.1, -0.05) is 29.3 Å². The first kappa shape index (κ1) is 20.3. The van der Waals surface area contributed by atoms with E-state index < -0.39 is 5.97 Å². The molecule has 0 atom stereocenters. The third kappa shape index (κ3) is 5.72. The van der Waals surface area contributed by atoms with Gasteiger partial charge in [-0.2, -0.15) is 5.10 Å². The van der Waals surface area contributed by atoms with Gasteiger partial charge in [0.25, 0.3) is 5.91 Å². The van der Waals surface area contributed by atoms with Crippen molar-refractivity contribution in [2.24, 2.45) is 5.10 Å². The number of nitrogens with one attached hydrogen (secondary N) is 1. The summed E-state index contributed by atoms with van der Waals surface area (Å²) in [7, 11) is 2.70. The van der Waals surface area contributed by atoms with Crippen LogP contribution >= 0.6 is 11.6 Å². The minimum Gasteiger partial charge on any atom is -0.493 e. The largest absolute Gasteiger partial charge is 0.493 e. The number of hydrazone groups is 1. The van der Waals surface area contributed by atoms with Gasteiger partial charge in [0.2, 0.25) is 0 Å². The fraction of sp³-hybridized carbons (Fsp3) is 0.211. The quantitative estimate of drug-likeness (QED) is 0.446. The van der Waals surface area contributed by atoms with Crippen LogP contribution in [-0.4, -0.2) is 38.9 Å². The monoisotopic (exact) mass is 390 g/mol. The highest BCUT2D eigenvalue weighted by atomic mass is 35.5. The second-order valence-corrected chi connectivity index (χ2v) is 5.87. The lowest BCUT2D eigenvalue weighted by molar-refractivity contribution is -0.142. The molecule has 0 aliphatic carbocycles. The molecular formula is C19H19ClN2O5. The third-order valence-electron chi connectivity index (χ3n) is 3.51. The first-order valence-electron chi connectivity index (χ1n) is 7.91. The SMILES string of the molecule is COC(=O)COc1c(Cl)cc(/C=N\NC(=O)c2ccc(C)cc2)cc1OC. The minimum atomic E-state index is -0.544. The van der Waals surface area contributed by atoms with Crippen LogP contribution < -0.4 is 14.9 Å². The molecule has 2 aromatic carbocycles. The highest BCUT2D eigenvalue weighted by molar-refractivity contribution is 6.32. The summed E-state index contributed by atoms with van der Waals surface area (Å²) in [5.41, 5.74) is 4.58. The molecule has 1 N–H and O–H groups in total. The molecule has 0 saturated heterocycles. The number of rotatable bonds is 7. The lowest BCUT2D eigenvalue weighted by Gasteiger charge is -2.12. The van der Waals surface area contributed by atoms with Crippen LogP contribution in [0.4, 0.5) is 0 Å². The molecule has 2 rings (SSSR count). The van der Waals surface area contributed by atoms with E-state index in [2.05, 4.69) is 15.3 Å². The zero-order valence-corrected chi connectivity index (χ0v) is 15.9. The standard InChI is InChI=1S/C19H19ClN2O5/c1-12-4-6-14(7-5-12)19(24)22-21-10-13-8-15(20)18(16(9-13)25-2)27-11-17(23)26-3/h4-10H,11H2,1-3H3,(H,22,24)/b21-10-. The number of halogens is 1. The lowest BCUT2D eigenvalue weighted by Crippen LogP contribution is -2.17. The number of nitrogens with zero attached hydrogens (tertiary/aromatic N) is 1. The van der Waals surface area contributed by atoms with Gasteiger partial charge in [0.1, 0.15) is 0 Å². The van der Waals surface area contributed by atoms with E-state index in [1.54, 1.807) is 24.3 Å². The Kier molecular flexibility index (Phi) is 7.19. The zero-order valence-electron chi connectivity index (χ0n) is 15.1. The van der Waals surface area contributed by atoms with Gasteiger partial charge in [-0.15, -0.1) is 0 Å². The van der Waals surface area contributed by atoms with E-state index in [9.17, 15) is 9.59 Å². The average molecular weight is 391 g/mol. The molecule has 142 valence electrons. The number of carbonyl (C=O) groups excluding carboxylic acids is 2. The normalized spacial score (nSPS) is 10.5. The van der Waals surface area contributed by atoms with Crippen LogP contribution in [0, 0.1) is 6.92 Å². The maximum atomic E-state index is 12.0. The van der Waals surface area contributed by atoms with Crippen molar-refractivity contribution in [1.29, 1.82) is 0 Å². The second-order valence-electron chi connectivity index (χ2n) is 5.46. The summed E-state index contributed by atoms with van der Waals surface area (Å²) in [6.45, 7) is 1.64. The number of benzene rings is 2. The number of aryl methyl sites for hydroxylation is 1. The van der Waals surface area contributed by atoms with Crippen LogP contribution in [0.2, 0.25) is 5.02 Å². The van der Waals surface area contributed by atoms with Crippen molar-refractivity contribution in [2.75, 3.05) is 20.8 Å².